The molecule has 7 nitrogen and oxygen atoms in total. The van der Waals surface area contributed by atoms with E-state index in [0.717, 1.165) is 18.5 Å². The molecule has 8 heteroatoms. The number of esters is 1. The van der Waals surface area contributed by atoms with E-state index >= 15 is 0 Å². The number of carbonyl (C=O) groups is 3. The number of amides is 2. The van der Waals surface area contributed by atoms with Crippen molar-refractivity contribution in [1.82, 2.24) is 9.88 Å². The van der Waals surface area contributed by atoms with Crippen LogP contribution in [0.3, 0.4) is 0 Å². The maximum atomic E-state index is 12.1. The van der Waals surface area contributed by atoms with Gasteiger partial charge in [0, 0.05) is 25.7 Å². The van der Waals surface area contributed by atoms with Gasteiger partial charge in [-0.05, 0) is 36.2 Å². The van der Waals surface area contributed by atoms with E-state index in [1.165, 1.54) is 6.20 Å². The second kappa shape index (κ2) is 8.64. The predicted molar refractivity (Wildman–Crippen MR) is 99.3 cm³/mol. The van der Waals surface area contributed by atoms with E-state index < -0.39 is 18.5 Å². The van der Waals surface area contributed by atoms with Crippen molar-refractivity contribution in [2.45, 2.75) is 19.4 Å². The number of benzene rings is 1. The Morgan fingerprint density at radius 1 is 1.22 bits per heavy atom. The average molecular weight is 388 g/mol. The molecule has 1 aromatic heterocycles. The van der Waals surface area contributed by atoms with Gasteiger partial charge >= 0.3 is 5.97 Å². The van der Waals surface area contributed by atoms with Gasteiger partial charge in [0.25, 0.3) is 5.91 Å². The number of hydrogen-bond acceptors (Lipinski definition) is 5. The minimum Gasteiger partial charge on any atom is -0.452 e. The van der Waals surface area contributed by atoms with Crippen molar-refractivity contribution >= 4 is 35.1 Å². The first-order valence-corrected chi connectivity index (χ1v) is 8.85. The van der Waals surface area contributed by atoms with Crippen molar-refractivity contribution in [2.75, 3.05) is 18.5 Å². The van der Waals surface area contributed by atoms with Gasteiger partial charge in [-0.15, -0.1) is 0 Å². The Morgan fingerprint density at radius 2 is 2.00 bits per heavy atom. The number of pyridine rings is 1. The van der Waals surface area contributed by atoms with Crippen molar-refractivity contribution in [2.24, 2.45) is 0 Å². The van der Waals surface area contributed by atoms with Crippen molar-refractivity contribution in [1.29, 1.82) is 0 Å². The second-order valence-electron chi connectivity index (χ2n) is 6.08. The largest absolute Gasteiger partial charge is 0.452 e. The van der Waals surface area contributed by atoms with Crippen LogP contribution in [0, 0.1) is 0 Å². The second-order valence-corrected chi connectivity index (χ2v) is 6.44. The van der Waals surface area contributed by atoms with E-state index in [2.05, 4.69) is 10.3 Å². The third kappa shape index (κ3) is 5.04. The maximum Gasteiger partial charge on any atom is 0.338 e. The SMILES string of the molecule is O=C(COC(=O)c1ccc(CN2CCCC2=O)cc1)Nc1cccnc1Cl. The molecule has 1 aliphatic rings. The molecule has 0 bridgehead atoms. The van der Waals surface area contributed by atoms with E-state index in [-0.39, 0.29) is 11.1 Å². The maximum absolute atomic E-state index is 12.1. The van der Waals surface area contributed by atoms with Crippen LogP contribution in [0.1, 0.15) is 28.8 Å². The first kappa shape index (κ1) is 18.8. The first-order chi connectivity index (χ1) is 13.0. The summed E-state index contributed by atoms with van der Waals surface area (Å²) >= 11 is 5.85. The standard InChI is InChI=1S/C19H18ClN3O4/c20-18-15(3-1-9-21-18)22-16(24)12-27-19(26)14-7-5-13(6-8-14)11-23-10-2-4-17(23)25/h1,3,5-9H,2,4,10-12H2,(H,22,24). The van der Waals surface area contributed by atoms with Gasteiger partial charge in [-0.3, -0.25) is 9.59 Å². The van der Waals surface area contributed by atoms with Gasteiger partial charge in [0.05, 0.1) is 11.3 Å². The summed E-state index contributed by atoms with van der Waals surface area (Å²) in [6, 6.07) is 10.0. The highest BCUT2D eigenvalue weighted by atomic mass is 35.5. The van der Waals surface area contributed by atoms with E-state index in [0.29, 0.717) is 24.2 Å². The zero-order valence-electron chi connectivity index (χ0n) is 14.5. The molecule has 0 saturated carbocycles. The number of nitrogens with zero attached hydrogens (tertiary/aromatic N) is 2. The minimum absolute atomic E-state index is 0.151. The Kier molecular flexibility index (Phi) is 6.03. The molecule has 1 aromatic carbocycles. The van der Waals surface area contributed by atoms with Gasteiger partial charge in [-0.1, -0.05) is 23.7 Å². The van der Waals surface area contributed by atoms with Gasteiger partial charge in [0.15, 0.2) is 11.8 Å². The molecule has 2 amide bonds. The van der Waals surface area contributed by atoms with Crippen LogP contribution in [-0.2, 0) is 20.9 Å². The number of aromatic nitrogens is 1. The summed E-state index contributed by atoms with van der Waals surface area (Å²) in [4.78, 5) is 41.2. The van der Waals surface area contributed by atoms with E-state index in [4.69, 9.17) is 16.3 Å². The van der Waals surface area contributed by atoms with Gasteiger partial charge in [0.2, 0.25) is 5.91 Å². The van der Waals surface area contributed by atoms with Crippen molar-refractivity contribution in [3.8, 4) is 0 Å². The van der Waals surface area contributed by atoms with Crippen LogP contribution in [0.4, 0.5) is 5.69 Å². The monoisotopic (exact) mass is 387 g/mol. The first-order valence-electron chi connectivity index (χ1n) is 8.47. The van der Waals surface area contributed by atoms with Crippen LogP contribution in [0.5, 0.6) is 0 Å². The minimum atomic E-state index is -0.605. The van der Waals surface area contributed by atoms with Gasteiger partial charge in [-0.25, -0.2) is 9.78 Å². The molecule has 1 saturated heterocycles. The number of hydrogen-bond donors (Lipinski definition) is 1. The van der Waals surface area contributed by atoms with Crippen LogP contribution in [0.2, 0.25) is 5.15 Å². The zero-order chi connectivity index (χ0) is 19.2. The van der Waals surface area contributed by atoms with Gasteiger partial charge < -0.3 is 15.0 Å². The molecule has 0 aliphatic carbocycles. The van der Waals surface area contributed by atoms with E-state index in [9.17, 15) is 14.4 Å². The molecule has 0 unspecified atom stereocenters. The smallest absolute Gasteiger partial charge is 0.338 e. The summed E-state index contributed by atoms with van der Waals surface area (Å²) in [5, 5.41) is 2.68. The Bertz CT molecular complexity index is 854. The van der Waals surface area contributed by atoms with Crippen molar-refractivity contribution < 1.29 is 19.1 Å². The lowest BCUT2D eigenvalue weighted by Gasteiger charge is -2.15. The summed E-state index contributed by atoms with van der Waals surface area (Å²) in [6.07, 6.45) is 2.98. The fourth-order valence-electron chi connectivity index (χ4n) is 2.72. The lowest BCUT2D eigenvalue weighted by molar-refractivity contribution is -0.128. The average Bonchev–Trinajstić information content (AvgIpc) is 3.07. The highest BCUT2D eigenvalue weighted by molar-refractivity contribution is 6.32. The third-order valence-corrected chi connectivity index (χ3v) is 4.40. The molecule has 3 rings (SSSR count). The number of halogens is 1. The number of likely N-dealkylation sites (tertiary alicyclic amines) is 1. The normalized spacial score (nSPS) is 13.5. The lowest BCUT2D eigenvalue weighted by Crippen LogP contribution is -2.23. The Hall–Kier alpha value is -2.93. The molecule has 0 atom stereocenters. The molecule has 27 heavy (non-hydrogen) atoms. The molecule has 1 aliphatic heterocycles. The Balaban J connectivity index is 1.49. The van der Waals surface area contributed by atoms with Crippen LogP contribution >= 0.6 is 11.6 Å². The Labute approximate surface area is 161 Å². The quantitative estimate of drug-likeness (QED) is 0.608. The predicted octanol–water partition coefficient (Wildman–Crippen LogP) is 2.65. The van der Waals surface area contributed by atoms with Crippen molar-refractivity contribution in [3.05, 3.63) is 58.9 Å². The highest BCUT2D eigenvalue weighted by Crippen LogP contribution is 2.17. The number of rotatable bonds is 6. The summed E-state index contributed by atoms with van der Waals surface area (Å²) in [5.41, 5.74) is 1.62. The van der Waals surface area contributed by atoms with Crippen LogP contribution in [0.25, 0.3) is 0 Å². The molecule has 140 valence electrons. The molecule has 2 heterocycles. The summed E-state index contributed by atoms with van der Waals surface area (Å²) < 4.78 is 5.01. The summed E-state index contributed by atoms with van der Waals surface area (Å²) in [7, 11) is 0. The third-order valence-electron chi connectivity index (χ3n) is 4.10. The molecular formula is C19H18ClN3O4. The molecule has 1 fully saturated rings. The van der Waals surface area contributed by atoms with Crippen LogP contribution in [0.15, 0.2) is 42.6 Å². The lowest BCUT2D eigenvalue weighted by atomic mass is 10.1. The number of nitrogens with one attached hydrogen (secondary N) is 1. The van der Waals surface area contributed by atoms with E-state index in [1.54, 1.807) is 41.3 Å². The highest BCUT2D eigenvalue weighted by Gasteiger charge is 2.20. The number of ether oxygens (including phenoxy) is 1. The fourth-order valence-corrected chi connectivity index (χ4v) is 2.88. The number of carbonyl (C=O) groups excluding carboxylic acids is 3. The fraction of sp³-hybridized carbons (Fsp3) is 0.263. The Morgan fingerprint density at radius 3 is 2.67 bits per heavy atom. The van der Waals surface area contributed by atoms with Crippen LogP contribution < -0.4 is 5.32 Å². The molecule has 0 radical (unpaired) electrons. The van der Waals surface area contributed by atoms with Gasteiger partial charge in [-0.2, -0.15) is 0 Å². The topological polar surface area (TPSA) is 88.6 Å². The molecule has 1 N–H and O–H groups in total. The van der Waals surface area contributed by atoms with E-state index in [1.807, 2.05) is 0 Å². The van der Waals surface area contributed by atoms with Gasteiger partial charge in [0.1, 0.15) is 0 Å². The molecule has 0 spiro atoms. The summed E-state index contributed by atoms with van der Waals surface area (Å²) in [6.45, 7) is 0.856. The van der Waals surface area contributed by atoms with Crippen LogP contribution in [-0.4, -0.2) is 40.8 Å². The molecule has 2 aromatic rings. The molecular weight excluding hydrogens is 370 g/mol. The zero-order valence-corrected chi connectivity index (χ0v) is 15.2. The summed E-state index contributed by atoms with van der Waals surface area (Å²) in [5.74, 6) is -0.966. The van der Waals surface area contributed by atoms with Crippen molar-refractivity contribution in [3.63, 3.8) is 0 Å². The number of anilines is 1.